The van der Waals surface area contributed by atoms with Gasteiger partial charge >= 0.3 is 0 Å². The van der Waals surface area contributed by atoms with Crippen molar-refractivity contribution in [2.75, 3.05) is 24.2 Å². The van der Waals surface area contributed by atoms with Crippen molar-refractivity contribution in [3.63, 3.8) is 0 Å². The van der Waals surface area contributed by atoms with Gasteiger partial charge in [-0.1, -0.05) is 24.6 Å². The molecule has 1 aliphatic heterocycles. The molecule has 1 atom stereocenters. The fraction of sp³-hybridized carbons (Fsp3) is 0.333. The molecule has 166 valence electrons. The van der Waals surface area contributed by atoms with Crippen molar-refractivity contribution >= 4 is 44.8 Å². The molecule has 0 spiro atoms. The first kappa shape index (κ1) is 23.1. The molecule has 0 unspecified atom stereocenters. The van der Waals surface area contributed by atoms with E-state index < -0.39 is 22.0 Å². The number of benzene rings is 2. The lowest BCUT2D eigenvalue weighted by Crippen LogP contribution is -2.37. The monoisotopic (exact) mass is 465 g/mol. The van der Waals surface area contributed by atoms with E-state index in [1.807, 2.05) is 6.92 Å². The van der Waals surface area contributed by atoms with Crippen molar-refractivity contribution in [2.45, 2.75) is 38.2 Å². The molecular weight excluding hydrogens is 442 g/mol. The SMILES string of the molecule is CC[C@H]1Oc2cc(S(=O)(=O)N(C)CC(=O)Nc3cc(Cl)ccc3C)c(C)cc2NC1=O. The minimum absolute atomic E-state index is 0.00601. The Hall–Kier alpha value is -2.62. The van der Waals surface area contributed by atoms with Crippen LogP contribution in [0.1, 0.15) is 24.5 Å². The van der Waals surface area contributed by atoms with E-state index in [2.05, 4.69) is 10.6 Å². The van der Waals surface area contributed by atoms with Crippen LogP contribution in [0.4, 0.5) is 11.4 Å². The first-order valence-corrected chi connectivity index (χ1v) is 11.5. The number of ether oxygens (including phenoxy) is 1. The predicted octanol–water partition coefficient (Wildman–Crippen LogP) is 3.33. The number of hydrogen-bond donors (Lipinski definition) is 2. The van der Waals surface area contributed by atoms with Crippen LogP contribution < -0.4 is 15.4 Å². The highest BCUT2D eigenvalue weighted by molar-refractivity contribution is 7.89. The second-order valence-electron chi connectivity index (χ2n) is 7.39. The van der Waals surface area contributed by atoms with Gasteiger partial charge in [0.1, 0.15) is 5.75 Å². The number of rotatable bonds is 6. The van der Waals surface area contributed by atoms with Gasteiger partial charge in [0.2, 0.25) is 15.9 Å². The molecule has 3 rings (SSSR count). The fourth-order valence-corrected chi connectivity index (χ4v) is 4.72. The van der Waals surface area contributed by atoms with E-state index >= 15 is 0 Å². The Bertz CT molecular complexity index is 1150. The van der Waals surface area contributed by atoms with Gasteiger partial charge in [-0.05, 0) is 49.6 Å². The zero-order valence-corrected chi connectivity index (χ0v) is 19.2. The lowest BCUT2D eigenvalue weighted by Gasteiger charge is -2.27. The second kappa shape index (κ2) is 8.86. The Morgan fingerprint density at radius 2 is 1.94 bits per heavy atom. The van der Waals surface area contributed by atoms with Gasteiger partial charge in [-0.2, -0.15) is 4.31 Å². The molecule has 31 heavy (non-hydrogen) atoms. The zero-order chi connectivity index (χ0) is 22.9. The fourth-order valence-electron chi connectivity index (χ4n) is 3.20. The summed E-state index contributed by atoms with van der Waals surface area (Å²) in [6.07, 6.45) is -0.236. The van der Waals surface area contributed by atoms with Gasteiger partial charge < -0.3 is 15.4 Å². The van der Waals surface area contributed by atoms with Gasteiger partial charge in [0, 0.05) is 23.8 Å². The molecule has 1 aliphatic rings. The third-order valence-electron chi connectivity index (χ3n) is 5.00. The molecule has 0 saturated carbocycles. The summed E-state index contributed by atoms with van der Waals surface area (Å²) in [7, 11) is -2.66. The number of nitrogens with zero attached hydrogens (tertiary/aromatic N) is 1. The number of amides is 2. The molecular formula is C21H24ClN3O5S. The summed E-state index contributed by atoms with van der Waals surface area (Å²) in [4.78, 5) is 24.5. The second-order valence-corrected chi connectivity index (χ2v) is 9.84. The summed E-state index contributed by atoms with van der Waals surface area (Å²) in [6.45, 7) is 4.84. The molecule has 2 amide bonds. The highest BCUT2D eigenvalue weighted by atomic mass is 35.5. The molecule has 0 radical (unpaired) electrons. The number of sulfonamides is 1. The lowest BCUT2D eigenvalue weighted by atomic mass is 10.1. The minimum Gasteiger partial charge on any atom is -0.478 e. The highest BCUT2D eigenvalue weighted by Crippen LogP contribution is 2.35. The van der Waals surface area contributed by atoms with E-state index in [9.17, 15) is 18.0 Å². The van der Waals surface area contributed by atoms with Crippen molar-refractivity contribution in [3.05, 3.63) is 46.5 Å². The average molecular weight is 466 g/mol. The first-order valence-electron chi connectivity index (χ1n) is 9.67. The normalized spacial score (nSPS) is 15.8. The number of likely N-dealkylation sites (N-methyl/N-ethyl adjacent to an activating group) is 1. The number of fused-ring (bicyclic) bond motifs is 1. The van der Waals surface area contributed by atoms with Crippen LogP contribution in [0, 0.1) is 13.8 Å². The smallest absolute Gasteiger partial charge is 0.265 e. The summed E-state index contributed by atoms with van der Waals surface area (Å²) in [6, 6.07) is 8.01. The van der Waals surface area contributed by atoms with Crippen LogP contribution in [0.3, 0.4) is 0 Å². The summed E-state index contributed by atoms with van der Waals surface area (Å²) in [5.74, 6) is -0.486. The first-order chi connectivity index (χ1) is 14.5. The standard InChI is InChI=1S/C21H24ClN3O5S/c1-5-17-21(27)24-16-8-13(3)19(10-18(16)30-17)31(28,29)25(4)11-20(26)23-15-9-14(22)7-6-12(15)2/h6-10,17H,5,11H2,1-4H3,(H,23,26)(H,24,27)/t17-/m1/s1. The Labute approximate surface area is 186 Å². The van der Waals surface area contributed by atoms with Gasteiger partial charge in [0.05, 0.1) is 17.1 Å². The van der Waals surface area contributed by atoms with Crippen LogP contribution in [-0.4, -0.2) is 44.2 Å². The lowest BCUT2D eigenvalue weighted by molar-refractivity contribution is -0.123. The van der Waals surface area contributed by atoms with Gasteiger partial charge in [-0.15, -0.1) is 0 Å². The predicted molar refractivity (Wildman–Crippen MR) is 119 cm³/mol. The van der Waals surface area contributed by atoms with Gasteiger partial charge in [0.15, 0.2) is 6.10 Å². The van der Waals surface area contributed by atoms with Gasteiger partial charge in [-0.25, -0.2) is 8.42 Å². The third-order valence-corrected chi connectivity index (χ3v) is 7.18. The number of hydrogen-bond acceptors (Lipinski definition) is 5. The van der Waals surface area contributed by atoms with E-state index in [4.69, 9.17) is 16.3 Å². The molecule has 0 fully saturated rings. The molecule has 0 bridgehead atoms. The van der Waals surface area contributed by atoms with Crippen molar-refractivity contribution in [2.24, 2.45) is 0 Å². The molecule has 2 aromatic carbocycles. The van der Waals surface area contributed by atoms with Crippen LogP contribution in [0.5, 0.6) is 5.75 Å². The van der Waals surface area contributed by atoms with E-state index in [-0.39, 0.29) is 23.1 Å². The van der Waals surface area contributed by atoms with Crippen molar-refractivity contribution in [1.29, 1.82) is 0 Å². The number of anilines is 2. The largest absolute Gasteiger partial charge is 0.478 e. The maximum Gasteiger partial charge on any atom is 0.265 e. The maximum atomic E-state index is 13.1. The number of nitrogens with one attached hydrogen (secondary N) is 2. The quantitative estimate of drug-likeness (QED) is 0.680. The molecule has 0 aliphatic carbocycles. The topological polar surface area (TPSA) is 105 Å². The van der Waals surface area contributed by atoms with Crippen LogP contribution in [-0.2, 0) is 19.6 Å². The Morgan fingerprint density at radius 3 is 2.61 bits per heavy atom. The molecule has 1 heterocycles. The Morgan fingerprint density at radius 1 is 1.23 bits per heavy atom. The summed E-state index contributed by atoms with van der Waals surface area (Å²) < 4.78 is 32.9. The molecule has 2 aromatic rings. The number of halogens is 1. The number of carbonyl (C=O) groups is 2. The molecule has 0 aromatic heterocycles. The van der Waals surface area contributed by atoms with Gasteiger partial charge in [-0.3, -0.25) is 9.59 Å². The van der Waals surface area contributed by atoms with Crippen molar-refractivity contribution in [3.8, 4) is 5.75 Å². The third kappa shape index (κ3) is 4.84. The Balaban J connectivity index is 1.81. The Kier molecular flexibility index (Phi) is 6.59. The highest BCUT2D eigenvalue weighted by Gasteiger charge is 2.31. The average Bonchev–Trinajstić information content (AvgIpc) is 2.69. The maximum absolute atomic E-state index is 13.1. The van der Waals surface area contributed by atoms with Crippen molar-refractivity contribution in [1.82, 2.24) is 4.31 Å². The van der Waals surface area contributed by atoms with Crippen LogP contribution in [0.2, 0.25) is 5.02 Å². The summed E-state index contributed by atoms with van der Waals surface area (Å²) >= 11 is 5.97. The molecule has 10 heteroatoms. The molecule has 8 nitrogen and oxygen atoms in total. The molecule has 0 saturated heterocycles. The van der Waals surface area contributed by atoms with Gasteiger partial charge in [0.25, 0.3) is 5.91 Å². The number of carbonyl (C=O) groups excluding carboxylic acids is 2. The van der Waals surface area contributed by atoms with Crippen molar-refractivity contribution < 1.29 is 22.7 Å². The van der Waals surface area contributed by atoms with E-state index in [0.717, 1.165) is 9.87 Å². The van der Waals surface area contributed by atoms with E-state index in [1.165, 1.54) is 13.1 Å². The number of aryl methyl sites for hydroxylation is 2. The van der Waals surface area contributed by atoms with Crippen LogP contribution in [0.15, 0.2) is 35.2 Å². The summed E-state index contributed by atoms with van der Waals surface area (Å²) in [5.41, 5.74) is 2.17. The minimum atomic E-state index is -3.99. The van der Waals surface area contributed by atoms with Crippen LogP contribution >= 0.6 is 11.6 Å². The summed E-state index contributed by atoms with van der Waals surface area (Å²) in [5, 5.41) is 5.88. The van der Waals surface area contributed by atoms with E-state index in [0.29, 0.717) is 28.4 Å². The van der Waals surface area contributed by atoms with E-state index in [1.54, 1.807) is 38.1 Å². The van der Waals surface area contributed by atoms with Crippen LogP contribution in [0.25, 0.3) is 0 Å². The molecule has 2 N–H and O–H groups in total. The zero-order valence-electron chi connectivity index (χ0n) is 17.7.